The quantitative estimate of drug-likeness (QED) is 0.308. The van der Waals surface area contributed by atoms with Crippen LogP contribution < -0.4 is 0 Å². The Hall–Kier alpha value is -2.78. The van der Waals surface area contributed by atoms with Gasteiger partial charge in [-0.25, -0.2) is 8.42 Å². The molecule has 0 heterocycles. The fraction of sp³-hybridized carbons (Fsp3) is 0.409. The van der Waals surface area contributed by atoms with Gasteiger partial charge in [0.1, 0.15) is 6.04 Å². The Bertz CT molecular complexity index is 1000. The first-order valence-electron chi connectivity index (χ1n) is 10.0. The number of benzene rings is 2. The Balaban J connectivity index is 2.55. The zero-order valence-electron chi connectivity index (χ0n) is 18.1. The summed E-state index contributed by atoms with van der Waals surface area (Å²) >= 11 is 0. The number of nitro benzene ring substituents is 1. The number of carbonyl (C=O) groups is 1. The monoisotopic (exact) mass is 448 g/mol. The smallest absolute Gasteiger partial charge is 0.324 e. The van der Waals surface area contributed by atoms with Crippen LogP contribution in [0.1, 0.15) is 38.3 Å². The molecule has 9 heteroatoms. The van der Waals surface area contributed by atoms with Gasteiger partial charge in [0, 0.05) is 18.7 Å². The molecular weight excluding hydrogens is 420 g/mol. The molecule has 0 saturated carbocycles. The Labute approximate surface area is 183 Å². The molecule has 0 aromatic heterocycles. The second kappa shape index (κ2) is 10.5. The lowest BCUT2D eigenvalue weighted by molar-refractivity contribution is -0.384. The van der Waals surface area contributed by atoms with Crippen molar-refractivity contribution in [3.05, 3.63) is 69.8 Å². The van der Waals surface area contributed by atoms with Gasteiger partial charge in [-0.3, -0.25) is 14.9 Å². The lowest BCUT2D eigenvalue weighted by atomic mass is 10.0. The molecule has 2 rings (SSSR count). The molecule has 0 aliphatic rings. The van der Waals surface area contributed by atoms with Gasteiger partial charge in [0.05, 0.1) is 16.4 Å². The van der Waals surface area contributed by atoms with E-state index in [4.69, 9.17) is 4.74 Å². The highest BCUT2D eigenvalue weighted by Crippen LogP contribution is 2.27. The molecule has 0 aliphatic carbocycles. The highest BCUT2D eigenvalue weighted by atomic mass is 32.2. The van der Waals surface area contributed by atoms with E-state index in [1.165, 1.54) is 12.1 Å². The van der Waals surface area contributed by atoms with E-state index in [0.717, 1.165) is 22.0 Å². The first kappa shape index (κ1) is 24.5. The molecule has 0 amide bonds. The van der Waals surface area contributed by atoms with Crippen LogP contribution in [0.5, 0.6) is 0 Å². The van der Waals surface area contributed by atoms with Crippen LogP contribution in [0, 0.1) is 23.0 Å². The summed E-state index contributed by atoms with van der Waals surface area (Å²) in [6, 6.07) is 11.0. The van der Waals surface area contributed by atoms with Crippen molar-refractivity contribution in [2.24, 2.45) is 5.92 Å². The predicted molar refractivity (Wildman–Crippen MR) is 117 cm³/mol. The van der Waals surface area contributed by atoms with Gasteiger partial charge in [0.15, 0.2) is 0 Å². The van der Waals surface area contributed by atoms with Crippen molar-refractivity contribution >= 4 is 21.7 Å². The van der Waals surface area contributed by atoms with E-state index >= 15 is 0 Å². The molecule has 0 bridgehead atoms. The molecule has 0 aliphatic heterocycles. The fourth-order valence-electron chi connectivity index (χ4n) is 3.13. The van der Waals surface area contributed by atoms with Crippen molar-refractivity contribution in [2.75, 3.05) is 6.61 Å². The van der Waals surface area contributed by atoms with E-state index in [9.17, 15) is 23.3 Å². The number of rotatable bonds is 10. The van der Waals surface area contributed by atoms with Gasteiger partial charge in [-0.15, -0.1) is 0 Å². The van der Waals surface area contributed by atoms with Crippen LogP contribution in [0.15, 0.2) is 53.4 Å². The average Bonchev–Trinajstić information content (AvgIpc) is 2.71. The second-order valence-corrected chi connectivity index (χ2v) is 9.57. The summed E-state index contributed by atoms with van der Waals surface area (Å²) in [5.41, 5.74) is 1.53. The van der Waals surface area contributed by atoms with E-state index in [1.54, 1.807) is 6.92 Å². The number of esters is 1. The van der Waals surface area contributed by atoms with Gasteiger partial charge in [0.2, 0.25) is 10.0 Å². The molecule has 8 nitrogen and oxygen atoms in total. The maximum atomic E-state index is 13.6. The lowest BCUT2D eigenvalue weighted by Crippen LogP contribution is -2.46. The summed E-state index contributed by atoms with van der Waals surface area (Å²) in [4.78, 5) is 23.0. The summed E-state index contributed by atoms with van der Waals surface area (Å²) in [6.07, 6.45) is 0.275. The number of hydrogen-bond acceptors (Lipinski definition) is 6. The number of nitro groups is 1. The van der Waals surface area contributed by atoms with Gasteiger partial charge in [-0.1, -0.05) is 43.7 Å². The van der Waals surface area contributed by atoms with Gasteiger partial charge in [-0.2, -0.15) is 4.31 Å². The van der Waals surface area contributed by atoms with Crippen LogP contribution in [0.4, 0.5) is 5.69 Å². The van der Waals surface area contributed by atoms with Crippen molar-refractivity contribution < 1.29 is 22.9 Å². The number of nitrogens with zero attached hydrogens (tertiary/aromatic N) is 2. The molecule has 1 atom stereocenters. The second-order valence-electron chi connectivity index (χ2n) is 7.68. The third-order valence-corrected chi connectivity index (χ3v) is 6.58. The summed E-state index contributed by atoms with van der Waals surface area (Å²) in [7, 11) is -4.15. The highest BCUT2D eigenvalue weighted by Gasteiger charge is 2.37. The van der Waals surface area contributed by atoms with Gasteiger partial charge < -0.3 is 4.74 Å². The normalized spacial score (nSPS) is 12.7. The molecule has 0 spiro atoms. The summed E-state index contributed by atoms with van der Waals surface area (Å²) in [6.45, 7) is 7.48. The maximum absolute atomic E-state index is 13.6. The van der Waals surface area contributed by atoms with E-state index in [-0.39, 0.29) is 36.1 Å². The molecule has 2 aromatic carbocycles. The summed E-state index contributed by atoms with van der Waals surface area (Å²) in [5.74, 6) is -0.587. The number of hydrogen-bond donors (Lipinski definition) is 0. The van der Waals surface area contributed by atoms with E-state index in [1.807, 2.05) is 45.0 Å². The molecule has 31 heavy (non-hydrogen) atoms. The topological polar surface area (TPSA) is 107 Å². The van der Waals surface area contributed by atoms with Crippen LogP contribution in [0.2, 0.25) is 0 Å². The largest absolute Gasteiger partial charge is 0.465 e. The molecule has 0 N–H and O–H groups in total. The summed E-state index contributed by atoms with van der Waals surface area (Å²) < 4.78 is 33.5. The Morgan fingerprint density at radius 1 is 1.10 bits per heavy atom. The van der Waals surface area contributed by atoms with Crippen LogP contribution >= 0.6 is 0 Å². The summed E-state index contributed by atoms with van der Waals surface area (Å²) in [5, 5.41) is 10.9. The molecule has 0 fully saturated rings. The van der Waals surface area contributed by atoms with Gasteiger partial charge in [0.25, 0.3) is 5.69 Å². The number of aryl methyl sites for hydroxylation is 1. The number of carbonyl (C=O) groups excluding carboxylic acids is 1. The van der Waals surface area contributed by atoms with E-state index in [2.05, 4.69) is 0 Å². The van der Waals surface area contributed by atoms with Crippen LogP contribution in [-0.2, 0) is 26.1 Å². The standard InChI is InChI=1S/C22H28N2O6S/c1-5-30-22(25)21(14-16(2)3)23(15-18-8-6-17(4)7-9-18)31(28,29)20-12-10-19(11-13-20)24(26)27/h6-13,16,21H,5,14-15H2,1-4H3. The number of ether oxygens (including phenoxy) is 1. The number of sulfonamides is 1. The molecule has 1 unspecified atom stereocenters. The predicted octanol–water partition coefficient (Wildman–Crippen LogP) is 4.07. The van der Waals surface area contributed by atoms with Gasteiger partial charge >= 0.3 is 5.97 Å². The average molecular weight is 449 g/mol. The van der Waals surface area contributed by atoms with E-state index in [0.29, 0.717) is 5.56 Å². The minimum Gasteiger partial charge on any atom is -0.465 e. The first-order chi connectivity index (χ1) is 14.6. The van der Waals surface area contributed by atoms with Crippen molar-refractivity contribution in [1.29, 1.82) is 0 Å². The van der Waals surface area contributed by atoms with E-state index < -0.39 is 27.0 Å². The maximum Gasteiger partial charge on any atom is 0.324 e. The molecule has 2 aromatic rings. The van der Waals surface area contributed by atoms with Crippen LogP contribution in [-0.4, -0.2) is 36.3 Å². The Morgan fingerprint density at radius 3 is 2.16 bits per heavy atom. The van der Waals surface area contributed by atoms with Crippen molar-refractivity contribution in [2.45, 2.75) is 51.6 Å². The highest BCUT2D eigenvalue weighted by molar-refractivity contribution is 7.89. The third-order valence-electron chi connectivity index (χ3n) is 4.71. The Kier molecular flexibility index (Phi) is 8.29. The number of non-ortho nitro benzene ring substituents is 1. The SMILES string of the molecule is CCOC(=O)C(CC(C)C)N(Cc1ccc(C)cc1)S(=O)(=O)c1ccc([N+](=O)[O-])cc1. The fourth-order valence-corrected chi connectivity index (χ4v) is 4.70. The molecule has 0 radical (unpaired) electrons. The van der Waals surface area contributed by atoms with Crippen molar-refractivity contribution in [3.8, 4) is 0 Å². The Morgan fingerprint density at radius 2 is 1.68 bits per heavy atom. The van der Waals surface area contributed by atoms with Crippen molar-refractivity contribution in [1.82, 2.24) is 4.31 Å². The minimum atomic E-state index is -4.15. The van der Waals surface area contributed by atoms with Crippen LogP contribution in [0.25, 0.3) is 0 Å². The molecule has 168 valence electrons. The van der Waals surface area contributed by atoms with Crippen LogP contribution in [0.3, 0.4) is 0 Å². The first-order valence-corrected chi connectivity index (χ1v) is 11.5. The minimum absolute atomic E-state index is 0.0296. The third kappa shape index (κ3) is 6.35. The zero-order valence-corrected chi connectivity index (χ0v) is 19.0. The molecular formula is C22H28N2O6S. The van der Waals surface area contributed by atoms with Gasteiger partial charge in [-0.05, 0) is 43.9 Å². The zero-order chi connectivity index (χ0) is 23.2. The molecule has 0 saturated heterocycles. The van der Waals surface area contributed by atoms with Crippen molar-refractivity contribution in [3.63, 3.8) is 0 Å². The lowest BCUT2D eigenvalue weighted by Gasteiger charge is -2.30.